The van der Waals surface area contributed by atoms with Crippen LogP contribution in [0.2, 0.25) is 0 Å². The Hall–Kier alpha value is -6.39. The number of aromatic nitrogens is 3. The predicted octanol–water partition coefficient (Wildman–Crippen LogP) is 11.9. The number of hydrogen-bond donors (Lipinski definition) is 0. The average Bonchev–Trinajstić information content (AvgIpc) is 3.67. The highest BCUT2D eigenvalue weighted by Crippen LogP contribution is 2.49. The van der Waals surface area contributed by atoms with Crippen molar-refractivity contribution in [1.29, 1.82) is 0 Å². The molecular weight excluding hydrogens is 611 g/mol. The molecule has 0 amide bonds. The van der Waals surface area contributed by atoms with Gasteiger partial charge in [-0.05, 0) is 58.7 Å². The molecule has 0 saturated carbocycles. The highest BCUT2D eigenvalue weighted by molar-refractivity contribution is 6.21. The largest absolute Gasteiger partial charge is 0.454 e. The van der Waals surface area contributed by atoms with E-state index in [1.807, 2.05) is 36.4 Å². The lowest BCUT2D eigenvalue weighted by Crippen LogP contribution is -2.14. The number of furan rings is 1. The molecule has 0 aliphatic heterocycles. The number of pyridine rings is 1. The molecule has 0 saturated heterocycles. The second-order valence-corrected chi connectivity index (χ2v) is 13.6. The fourth-order valence-electron chi connectivity index (χ4n) is 7.76. The summed E-state index contributed by atoms with van der Waals surface area (Å²) in [5.74, 6) is 0.669. The first-order valence-electron chi connectivity index (χ1n) is 17.0. The fraction of sp³-hybridized carbons (Fsp3) is 0.0652. The van der Waals surface area contributed by atoms with Crippen molar-refractivity contribution in [3.63, 3.8) is 0 Å². The van der Waals surface area contributed by atoms with Gasteiger partial charge in [0.25, 0.3) is 0 Å². The van der Waals surface area contributed by atoms with E-state index < -0.39 is 0 Å². The zero-order chi connectivity index (χ0) is 33.4. The minimum absolute atomic E-state index is 0.107. The highest BCUT2D eigenvalue weighted by atomic mass is 16.3. The first-order chi connectivity index (χ1) is 24.5. The number of fused-ring (bicyclic) bond motifs is 8. The molecule has 0 unspecified atom stereocenters. The van der Waals surface area contributed by atoms with Gasteiger partial charge < -0.3 is 4.42 Å². The first-order valence-corrected chi connectivity index (χ1v) is 17.0. The summed E-state index contributed by atoms with van der Waals surface area (Å²) >= 11 is 0. The van der Waals surface area contributed by atoms with Crippen molar-refractivity contribution in [3.8, 4) is 56.3 Å². The van der Waals surface area contributed by atoms with Crippen molar-refractivity contribution < 1.29 is 4.42 Å². The van der Waals surface area contributed by atoms with Crippen molar-refractivity contribution in [1.82, 2.24) is 15.0 Å². The van der Waals surface area contributed by atoms with E-state index in [1.165, 1.54) is 22.3 Å². The van der Waals surface area contributed by atoms with Crippen LogP contribution in [0.3, 0.4) is 0 Å². The van der Waals surface area contributed by atoms with Crippen LogP contribution in [0.15, 0.2) is 156 Å². The molecule has 4 heteroatoms. The van der Waals surface area contributed by atoms with Gasteiger partial charge >= 0.3 is 0 Å². The molecule has 3 heterocycles. The summed E-state index contributed by atoms with van der Waals surface area (Å²) in [5.41, 5.74) is 14.4. The maximum atomic E-state index is 6.61. The van der Waals surface area contributed by atoms with Gasteiger partial charge in [-0.15, -0.1) is 0 Å². The summed E-state index contributed by atoms with van der Waals surface area (Å²) in [6, 6.07) is 52.8. The molecule has 1 aliphatic carbocycles. The smallest absolute Gasteiger partial charge is 0.162 e. The van der Waals surface area contributed by atoms with Crippen LogP contribution < -0.4 is 0 Å². The molecular formula is C46H31N3O. The van der Waals surface area contributed by atoms with E-state index in [0.717, 1.165) is 72.2 Å². The molecule has 0 fully saturated rings. The molecule has 0 radical (unpaired) electrons. The van der Waals surface area contributed by atoms with Gasteiger partial charge in [0.2, 0.25) is 0 Å². The Balaban J connectivity index is 1.19. The van der Waals surface area contributed by atoms with Crippen molar-refractivity contribution in [2.45, 2.75) is 19.3 Å². The Labute approximate surface area is 289 Å². The Morgan fingerprint density at radius 2 is 1.14 bits per heavy atom. The lowest BCUT2D eigenvalue weighted by Gasteiger charge is -2.22. The van der Waals surface area contributed by atoms with Crippen LogP contribution in [-0.4, -0.2) is 15.0 Å². The van der Waals surface area contributed by atoms with E-state index in [1.54, 1.807) is 0 Å². The van der Waals surface area contributed by atoms with E-state index in [4.69, 9.17) is 19.4 Å². The van der Waals surface area contributed by atoms with Crippen LogP contribution in [0.5, 0.6) is 0 Å². The second kappa shape index (κ2) is 10.8. The standard InChI is InChI=1S/C46H31N3O/c1-46(2)36-19-11-9-17-32(36)33-23-21-30(26-37(33)46)40-27-39(28-13-5-3-6-14-28)48-45(49-40)31-22-24-41-35(25-31)42-34-18-10-12-20-38(34)47-43(44(42)50-41)29-15-7-4-8-16-29/h3-27H,1-2H3. The van der Waals surface area contributed by atoms with Gasteiger partial charge in [0.05, 0.1) is 16.9 Å². The lowest BCUT2D eigenvalue weighted by atomic mass is 9.82. The van der Waals surface area contributed by atoms with Gasteiger partial charge in [-0.2, -0.15) is 0 Å². The summed E-state index contributed by atoms with van der Waals surface area (Å²) in [6.07, 6.45) is 0. The monoisotopic (exact) mass is 641 g/mol. The third-order valence-corrected chi connectivity index (χ3v) is 10.3. The summed E-state index contributed by atoms with van der Waals surface area (Å²) in [7, 11) is 0. The molecule has 0 N–H and O–H groups in total. The Kier molecular flexibility index (Phi) is 6.19. The Morgan fingerprint density at radius 3 is 1.96 bits per heavy atom. The molecule has 3 aromatic heterocycles. The van der Waals surface area contributed by atoms with Gasteiger partial charge in [0.1, 0.15) is 11.3 Å². The molecule has 236 valence electrons. The Morgan fingerprint density at radius 1 is 0.480 bits per heavy atom. The quantitative estimate of drug-likeness (QED) is 0.192. The van der Waals surface area contributed by atoms with E-state index in [-0.39, 0.29) is 5.41 Å². The van der Waals surface area contributed by atoms with Crippen LogP contribution >= 0.6 is 0 Å². The summed E-state index contributed by atoms with van der Waals surface area (Å²) in [5, 5.41) is 3.12. The molecule has 0 atom stereocenters. The molecule has 0 spiro atoms. The second-order valence-electron chi connectivity index (χ2n) is 13.6. The Bertz CT molecular complexity index is 2780. The number of rotatable bonds is 4. The number of hydrogen-bond acceptors (Lipinski definition) is 4. The molecule has 50 heavy (non-hydrogen) atoms. The highest BCUT2D eigenvalue weighted by Gasteiger charge is 2.35. The van der Waals surface area contributed by atoms with E-state index in [0.29, 0.717) is 5.82 Å². The topological polar surface area (TPSA) is 51.8 Å². The maximum Gasteiger partial charge on any atom is 0.162 e. The van der Waals surface area contributed by atoms with Crippen molar-refractivity contribution in [3.05, 3.63) is 163 Å². The van der Waals surface area contributed by atoms with Crippen LogP contribution in [0.25, 0.3) is 89.1 Å². The van der Waals surface area contributed by atoms with Crippen LogP contribution in [0.1, 0.15) is 25.0 Å². The third-order valence-electron chi connectivity index (χ3n) is 10.3. The SMILES string of the molecule is CC1(C)c2ccccc2-c2ccc(-c3cc(-c4ccccc4)nc(-c4ccc5oc6c(-c7ccccc7)nc7ccccc7c6c5c4)n3)cc21. The van der Waals surface area contributed by atoms with Crippen LogP contribution in [0, 0.1) is 0 Å². The maximum absolute atomic E-state index is 6.61. The molecule has 6 aromatic carbocycles. The lowest BCUT2D eigenvalue weighted by molar-refractivity contribution is 0.660. The van der Waals surface area contributed by atoms with Gasteiger partial charge in [-0.3, -0.25) is 0 Å². The van der Waals surface area contributed by atoms with E-state index in [9.17, 15) is 0 Å². The molecule has 9 aromatic rings. The van der Waals surface area contributed by atoms with Gasteiger partial charge in [0.15, 0.2) is 11.4 Å². The van der Waals surface area contributed by atoms with Gasteiger partial charge in [-0.25, -0.2) is 15.0 Å². The van der Waals surface area contributed by atoms with Crippen molar-refractivity contribution in [2.24, 2.45) is 0 Å². The van der Waals surface area contributed by atoms with Crippen LogP contribution in [-0.2, 0) is 5.41 Å². The molecule has 1 aliphatic rings. The van der Waals surface area contributed by atoms with Crippen molar-refractivity contribution in [2.75, 3.05) is 0 Å². The summed E-state index contributed by atoms with van der Waals surface area (Å²) in [4.78, 5) is 15.5. The summed E-state index contributed by atoms with van der Waals surface area (Å²) < 4.78 is 6.61. The zero-order valence-corrected chi connectivity index (χ0v) is 27.7. The van der Waals surface area contributed by atoms with Gasteiger partial charge in [-0.1, -0.05) is 129 Å². The number of para-hydroxylation sites is 1. The third kappa shape index (κ3) is 4.35. The molecule has 4 nitrogen and oxygen atoms in total. The normalized spacial score (nSPS) is 13.2. The van der Waals surface area contributed by atoms with Gasteiger partial charge in [0, 0.05) is 43.8 Å². The minimum Gasteiger partial charge on any atom is -0.454 e. The predicted molar refractivity (Wildman–Crippen MR) is 204 cm³/mol. The number of nitrogens with zero attached hydrogens (tertiary/aromatic N) is 3. The first kappa shape index (κ1) is 28.6. The average molecular weight is 642 g/mol. The zero-order valence-electron chi connectivity index (χ0n) is 27.7. The van der Waals surface area contributed by atoms with Crippen molar-refractivity contribution >= 4 is 32.8 Å². The fourth-order valence-corrected chi connectivity index (χ4v) is 7.76. The van der Waals surface area contributed by atoms with E-state index >= 15 is 0 Å². The minimum atomic E-state index is -0.107. The summed E-state index contributed by atoms with van der Waals surface area (Å²) in [6.45, 7) is 4.63. The van der Waals surface area contributed by atoms with E-state index in [2.05, 4.69) is 129 Å². The molecule has 0 bridgehead atoms. The number of benzene rings is 6. The molecule has 10 rings (SSSR count). The van der Waals surface area contributed by atoms with Crippen LogP contribution in [0.4, 0.5) is 0 Å².